The van der Waals surface area contributed by atoms with Crippen molar-refractivity contribution in [1.82, 2.24) is 4.90 Å². The van der Waals surface area contributed by atoms with Crippen molar-refractivity contribution < 1.29 is 9.90 Å². The van der Waals surface area contributed by atoms with Crippen LogP contribution < -0.4 is 0 Å². The van der Waals surface area contributed by atoms with Gasteiger partial charge in [-0.15, -0.1) is 0 Å². The maximum atomic E-state index is 13.3. The van der Waals surface area contributed by atoms with Crippen molar-refractivity contribution in [3.05, 3.63) is 65.7 Å². The van der Waals surface area contributed by atoms with Crippen LogP contribution in [0.1, 0.15) is 36.8 Å². The number of carbonyl (C=O) groups is 1. The van der Waals surface area contributed by atoms with Gasteiger partial charge in [-0.3, -0.25) is 9.69 Å². The average Bonchev–Trinajstić information content (AvgIpc) is 2.62. The molecule has 130 valence electrons. The number of fused-ring (bicyclic) bond motifs is 2. The molecule has 1 aliphatic heterocycles. The van der Waals surface area contributed by atoms with E-state index in [9.17, 15) is 9.90 Å². The highest BCUT2D eigenvalue weighted by atomic mass is 16.3. The largest absolute Gasteiger partial charge is 0.508 e. The third kappa shape index (κ3) is 2.98. The predicted molar refractivity (Wildman–Crippen MR) is 98.8 cm³/mol. The van der Waals surface area contributed by atoms with Crippen LogP contribution in [0.2, 0.25) is 0 Å². The molecule has 0 spiro atoms. The van der Waals surface area contributed by atoms with Crippen LogP contribution in [0.4, 0.5) is 0 Å². The fraction of sp³-hybridized carbons (Fsp3) is 0.409. The Morgan fingerprint density at radius 3 is 2.72 bits per heavy atom. The van der Waals surface area contributed by atoms with E-state index in [1.165, 1.54) is 5.56 Å². The Balaban J connectivity index is 1.53. The Morgan fingerprint density at radius 2 is 1.92 bits per heavy atom. The quantitative estimate of drug-likeness (QED) is 0.926. The number of hydrogen-bond donors (Lipinski definition) is 1. The fourth-order valence-corrected chi connectivity index (χ4v) is 4.68. The van der Waals surface area contributed by atoms with Crippen LogP contribution in [0.5, 0.6) is 5.75 Å². The first-order valence-electron chi connectivity index (χ1n) is 9.31. The van der Waals surface area contributed by atoms with E-state index in [1.807, 2.05) is 18.2 Å². The van der Waals surface area contributed by atoms with Crippen molar-refractivity contribution in [2.45, 2.75) is 43.6 Å². The number of ketones is 1. The van der Waals surface area contributed by atoms with Crippen LogP contribution in [-0.2, 0) is 16.6 Å². The maximum absolute atomic E-state index is 13.3. The predicted octanol–water partition coefficient (Wildman–Crippen LogP) is 3.70. The van der Waals surface area contributed by atoms with Crippen LogP contribution in [0.3, 0.4) is 0 Å². The molecule has 25 heavy (non-hydrogen) atoms. The molecule has 2 aromatic carbocycles. The molecule has 4 rings (SSSR count). The van der Waals surface area contributed by atoms with E-state index in [0.29, 0.717) is 5.78 Å². The fourth-order valence-electron chi connectivity index (χ4n) is 4.68. The summed E-state index contributed by atoms with van der Waals surface area (Å²) in [6, 6.07) is 17.9. The van der Waals surface area contributed by atoms with Gasteiger partial charge in [-0.05, 0) is 48.9 Å². The van der Waals surface area contributed by atoms with E-state index < -0.39 is 0 Å². The average molecular weight is 335 g/mol. The number of benzene rings is 2. The Morgan fingerprint density at radius 1 is 1.08 bits per heavy atom. The summed E-state index contributed by atoms with van der Waals surface area (Å²) in [5.74, 6) is 0.622. The molecule has 2 aromatic rings. The lowest BCUT2D eigenvalue weighted by Gasteiger charge is -2.49. The van der Waals surface area contributed by atoms with Crippen LogP contribution >= 0.6 is 0 Å². The lowest BCUT2D eigenvalue weighted by Crippen LogP contribution is -2.59. The van der Waals surface area contributed by atoms with Crippen LogP contribution in [0.15, 0.2) is 54.6 Å². The Kier molecular flexibility index (Phi) is 4.34. The van der Waals surface area contributed by atoms with Gasteiger partial charge in [-0.25, -0.2) is 0 Å². The minimum absolute atomic E-state index is 0.0357. The highest BCUT2D eigenvalue weighted by Crippen LogP contribution is 2.45. The second-order valence-electron chi connectivity index (χ2n) is 7.43. The van der Waals surface area contributed by atoms with Gasteiger partial charge in [0.15, 0.2) is 5.78 Å². The number of phenols is 1. The Hall–Kier alpha value is -2.13. The molecule has 1 heterocycles. The molecule has 2 atom stereocenters. The van der Waals surface area contributed by atoms with Gasteiger partial charge >= 0.3 is 0 Å². The van der Waals surface area contributed by atoms with Crippen molar-refractivity contribution in [1.29, 1.82) is 0 Å². The standard InChI is InChI=1S/C22H25NO2/c24-19-9-4-8-18(16-19)22-12-5-10-20(21(22)25)23(15-13-22)14-11-17-6-2-1-3-7-17/h1-4,6-9,16,20,24H,5,10-15H2/t20?,22-/m0/s1. The van der Waals surface area contributed by atoms with Crippen molar-refractivity contribution in [2.24, 2.45) is 0 Å². The van der Waals surface area contributed by atoms with E-state index in [4.69, 9.17) is 0 Å². The maximum Gasteiger partial charge on any atom is 0.160 e. The summed E-state index contributed by atoms with van der Waals surface area (Å²) in [5, 5.41) is 9.86. The summed E-state index contributed by atoms with van der Waals surface area (Å²) in [7, 11) is 0. The van der Waals surface area contributed by atoms with Crippen molar-refractivity contribution in [2.75, 3.05) is 13.1 Å². The second kappa shape index (κ2) is 6.64. The van der Waals surface area contributed by atoms with E-state index in [0.717, 1.165) is 50.8 Å². The molecule has 2 aliphatic rings. The normalized spacial score (nSPS) is 26.6. The van der Waals surface area contributed by atoms with Gasteiger partial charge in [0.05, 0.1) is 11.5 Å². The summed E-state index contributed by atoms with van der Waals surface area (Å²) in [6.45, 7) is 1.90. The summed E-state index contributed by atoms with van der Waals surface area (Å²) in [6.07, 6.45) is 4.81. The summed E-state index contributed by atoms with van der Waals surface area (Å²) in [4.78, 5) is 15.7. The molecule has 1 aliphatic carbocycles. The van der Waals surface area contributed by atoms with Gasteiger partial charge < -0.3 is 5.11 Å². The molecule has 0 radical (unpaired) electrons. The third-order valence-corrected chi connectivity index (χ3v) is 6.05. The highest BCUT2D eigenvalue weighted by Gasteiger charge is 2.50. The van der Waals surface area contributed by atoms with Gasteiger partial charge in [-0.2, -0.15) is 0 Å². The molecule has 3 heteroatoms. The van der Waals surface area contributed by atoms with Gasteiger partial charge in [0, 0.05) is 13.1 Å². The number of rotatable bonds is 4. The molecule has 3 nitrogen and oxygen atoms in total. The molecule has 2 bridgehead atoms. The molecular weight excluding hydrogens is 310 g/mol. The van der Waals surface area contributed by atoms with Gasteiger partial charge in [-0.1, -0.05) is 48.9 Å². The zero-order chi connectivity index (χ0) is 17.3. The van der Waals surface area contributed by atoms with Crippen LogP contribution in [0.25, 0.3) is 0 Å². The number of aromatic hydroxyl groups is 1. The third-order valence-electron chi connectivity index (χ3n) is 6.05. The molecular formula is C22H25NO2. The summed E-state index contributed by atoms with van der Waals surface area (Å²) >= 11 is 0. The minimum Gasteiger partial charge on any atom is -0.508 e. The van der Waals surface area contributed by atoms with Crippen LogP contribution in [-0.4, -0.2) is 34.9 Å². The molecule has 1 unspecified atom stereocenters. The molecule has 1 saturated heterocycles. The van der Waals surface area contributed by atoms with E-state index >= 15 is 0 Å². The number of carbonyl (C=O) groups excluding carboxylic acids is 1. The lowest BCUT2D eigenvalue weighted by atomic mass is 9.62. The minimum atomic E-state index is -0.384. The molecule has 1 saturated carbocycles. The zero-order valence-electron chi connectivity index (χ0n) is 14.5. The number of phenolic OH excluding ortho intramolecular Hbond substituents is 1. The van der Waals surface area contributed by atoms with E-state index in [2.05, 4.69) is 29.2 Å². The molecule has 2 fully saturated rings. The van der Waals surface area contributed by atoms with Gasteiger partial charge in [0.2, 0.25) is 0 Å². The number of Topliss-reactive ketones (excluding diaryl/α,β-unsaturated/α-hetero) is 1. The SMILES string of the molecule is O=C1C2CCC[C@@]1(c1cccc(O)c1)CCN2CCc1ccccc1. The van der Waals surface area contributed by atoms with Crippen LogP contribution in [0, 0.1) is 0 Å². The first-order chi connectivity index (χ1) is 12.2. The second-order valence-corrected chi connectivity index (χ2v) is 7.43. The first kappa shape index (κ1) is 16.3. The van der Waals surface area contributed by atoms with Crippen molar-refractivity contribution in [3.63, 3.8) is 0 Å². The van der Waals surface area contributed by atoms with Gasteiger partial charge in [0.25, 0.3) is 0 Å². The topological polar surface area (TPSA) is 40.5 Å². The number of likely N-dealkylation sites (tertiary alicyclic amines) is 1. The Bertz CT molecular complexity index is 758. The number of nitrogens with zero attached hydrogens (tertiary/aromatic N) is 1. The number of hydrogen-bond acceptors (Lipinski definition) is 3. The molecule has 0 amide bonds. The van der Waals surface area contributed by atoms with Crippen molar-refractivity contribution >= 4 is 5.78 Å². The lowest BCUT2D eigenvalue weighted by molar-refractivity contribution is -0.137. The van der Waals surface area contributed by atoms with Gasteiger partial charge in [0.1, 0.15) is 5.75 Å². The molecule has 1 N–H and O–H groups in total. The van der Waals surface area contributed by atoms with E-state index in [-0.39, 0.29) is 17.2 Å². The molecule has 0 aromatic heterocycles. The number of piperidine rings is 1. The summed E-state index contributed by atoms with van der Waals surface area (Å²) in [5.41, 5.74) is 1.95. The monoisotopic (exact) mass is 335 g/mol. The Labute approximate surface area is 149 Å². The zero-order valence-corrected chi connectivity index (χ0v) is 14.5. The highest BCUT2D eigenvalue weighted by molar-refractivity contribution is 5.96. The smallest absolute Gasteiger partial charge is 0.160 e. The summed E-state index contributed by atoms with van der Waals surface area (Å²) < 4.78 is 0. The van der Waals surface area contributed by atoms with E-state index in [1.54, 1.807) is 12.1 Å². The first-order valence-corrected chi connectivity index (χ1v) is 9.31. The van der Waals surface area contributed by atoms with Crippen molar-refractivity contribution in [3.8, 4) is 5.75 Å².